The largest absolute Gasteiger partial charge is 0.391 e. The number of guanidine groups is 1. The third-order valence-electron chi connectivity index (χ3n) is 4.68. The Morgan fingerprint density at radius 1 is 1.33 bits per heavy atom. The fraction of sp³-hybridized carbons (Fsp3) is 0.500. The first-order valence-corrected chi connectivity index (χ1v) is 9.51. The van der Waals surface area contributed by atoms with Crippen molar-refractivity contribution in [2.75, 3.05) is 19.6 Å². The van der Waals surface area contributed by atoms with Crippen LogP contribution in [0, 0.1) is 0 Å². The molecule has 27 heavy (non-hydrogen) atoms. The topological polar surface area (TPSA) is 65.7 Å². The Kier molecular flexibility index (Phi) is 9.06. The zero-order chi connectivity index (χ0) is 18.2. The number of halogens is 1. The van der Waals surface area contributed by atoms with Crippen molar-refractivity contribution in [1.29, 1.82) is 0 Å². The highest BCUT2D eigenvalue weighted by molar-refractivity contribution is 14.0. The quantitative estimate of drug-likeness (QED) is 0.361. The van der Waals surface area contributed by atoms with E-state index in [0.717, 1.165) is 50.7 Å². The summed E-state index contributed by atoms with van der Waals surface area (Å²) in [6, 6.07) is 10.6. The highest BCUT2D eigenvalue weighted by Gasteiger charge is 2.22. The molecule has 0 aliphatic carbocycles. The highest BCUT2D eigenvalue weighted by atomic mass is 127. The fourth-order valence-electron chi connectivity index (χ4n) is 3.30. The van der Waals surface area contributed by atoms with Gasteiger partial charge in [0.2, 0.25) is 0 Å². The highest BCUT2D eigenvalue weighted by Crippen LogP contribution is 2.10. The zero-order valence-corrected chi connectivity index (χ0v) is 18.3. The van der Waals surface area contributed by atoms with E-state index in [0.29, 0.717) is 13.1 Å². The molecule has 2 aromatic rings. The number of aryl methyl sites for hydroxylation is 2. The summed E-state index contributed by atoms with van der Waals surface area (Å²) >= 11 is 0. The van der Waals surface area contributed by atoms with Crippen LogP contribution in [-0.4, -0.2) is 51.3 Å². The number of hydrogen-bond acceptors (Lipinski definition) is 3. The van der Waals surface area contributed by atoms with E-state index < -0.39 is 0 Å². The van der Waals surface area contributed by atoms with Gasteiger partial charge in [-0.2, -0.15) is 0 Å². The predicted octanol–water partition coefficient (Wildman–Crippen LogP) is 2.67. The third-order valence-corrected chi connectivity index (χ3v) is 4.68. The first kappa shape index (κ1) is 21.7. The number of nitrogens with one attached hydrogen (secondary N) is 1. The molecule has 1 aromatic carbocycles. The van der Waals surface area contributed by atoms with Crippen LogP contribution in [0.1, 0.15) is 31.2 Å². The fourth-order valence-corrected chi connectivity index (χ4v) is 3.30. The van der Waals surface area contributed by atoms with E-state index in [1.807, 2.05) is 12.4 Å². The molecule has 2 N–H and O–H groups in total. The maximum absolute atomic E-state index is 9.76. The van der Waals surface area contributed by atoms with Crippen molar-refractivity contribution in [3.63, 3.8) is 0 Å². The molecular formula is C20H30IN5O. The molecule has 0 amide bonds. The average Bonchev–Trinajstić information content (AvgIpc) is 3.28. The lowest BCUT2D eigenvalue weighted by Gasteiger charge is -2.20. The van der Waals surface area contributed by atoms with Crippen molar-refractivity contribution in [3.05, 3.63) is 54.1 Å². The van der Waals surface area contributed by atoms with E-state index in [-0.39, 0.29) is 30.1 Å². The summed E-state index contributed by atoms with van der Waals surface area (Å²) < 4.78 is 2.19. The van der Waals surface area contributed by atoms with Crippen molar-refractivity contribution >= 4 is 29.9 Å². The van der Waals surface area contributed by atoms with Crippen molar-refractivity contribution in [1.82, 2.24) is 19.8 Å². The maximum Gasteiger partial charge on any atom is 0.194 e. The van der Waals surface area contributed by atoms with Crippen LogP contribution in [0.5, 0.6) is 0 Å². The van der Waals surface area contributed by atoms with Crippen molar-refractivity contribution in [3.8, 4) is 0 Å². The number of aromatic nitrogens is 2. The number of nitrogens with zero attached hydrogens (tertiary/aromatic N) is 4. The number of aliphatic hydroxyl groups excluding tert-OH is 1. The van der Waals surface area contributed by atoms with E-state index >= 15 is 0 Å². The van der Waals surface area contributed by atoms with Gasteiger partial charge in [0.05, 0.1) is 6.10 Å². The molecule has 0 unspecified atom stereocenters. The molecule has 3 rings (SSSR count). The summed E-state index contributed by atoms with van der Waals surface area (Å²) in [5, 5.41) is 13.1. The second kappa shape index (κ2) is 11.3. The Morgan fingerprint density at radius 3 is 2.85 bits per heavy atom. The number of aliphatic imine (C=N–C) groups is 1. The molecule has 1 atom stereocenters. The van der Waals surface area contributed by atoms with Gasteiger partial charge in [-0.25, -0.2) is 9.98 Å². The van der Waals surface area contributed by atoms with Gasteiger partial charge in [0.25, 0.3) is 0 Å². The first-order chi connectivity index (χ1) is 12.8. The minimum absolute atomic E-state index is 0. The van der Waals surface area contributed by atoms with Crippen LogP contribution in [-0.2, 0) is 19.5 Å². The van der Waals surface area contributed by atoms with Crippen LogP contribution in [0.4, 0.5) is 0 Å². The Labute approximate surface area is 178 Å². The summed E-state index contributed by atoms with van der Waals surface area (Å²) in [7, 11) is 0. The van der Waals surface area contributed by atoms with E-state index in [1.54, 1.807) is 0 Å². The predicted molar refractivity (Wildman–Crippen MR) is 119 cm³/mol. The number of β-amino-alcohol motifs (C(OH)–C–C–N with tert-alkyl or cyclic N) is 1. The van der Waals surface area contributed by atoms with Crippen LogP contribution >= 0.6 is 24.0 Å². The zero-order valence-electron chi connectivity index (χ0n) is 15.9. The number of benzene rings is 1. The molecule has 0 radical (unpaired) electrons. The minimum atomic E-state index is -0.251. The molecule has 6 nitrogen and oxygen atoms in total. The Morgan fingerprint density at radius 2 is 2.15 bits per heavy atom. The molecule has 1 aliphatic heterocycles. The van der Waals surface area contributed by atoms with Gasteiger partial charge in [0.15, 0.2) is 5.96 Å². The molecule has 148 valence electrons. The number of rotatable bonds is 7. The SMILES string of the molecule is CCNC(=NCc1nccn1CCCc1ccccc1)N1CC[C@@H](O)C1.I. The van der Waals surface area contributed by atoms with Crippen LogP contribution in [0.2, 0.25) is 0 Å². The molecule has 0 bridgehead atoms. The standard InChI is InChI=1S/C20H29N5O.HI/c1-2-21-20(25-13-10-18(26)16-25)23-15-19-22-11-14-24(19)12-6-9-17-7-4-3-5-8-17;/h3-5,7-8,11,14,18,26H,2,6,9-10,12-13,15-16H2,1H3,(H,21,23);1H/t18-;/m1./s1. The first-order valence-electron chi connectivity index (χ1n) is 9.51. The lowest BCUT2D eigenvalue weighted by molar-refractivity contribution is 0.188. The maximum atomic E-state index is 9.76. The number of hydrogen-bond donors (Lipinski definition) is 2. The van der Waals surface area contributed by atoms with E-state index in [2.05, 4.69) is 57.0 Å². The lowest BCUT2D eigenvalue weighted by atomic mass is 10.1. The third kappa shape index (κ3) is 6.49. The van der Waals surface area contributed by atoms with Gasteiger partial charge in [-0.3, -0.25) is 0 Å². The molecule has 1 fully saturated rings. The molecule has 2 heterocycles. The Bertz CT molecular complexity index is 703. The Balaban J connectivity index is 0.00000261. The summed E-state index contributed by atoms with van der Waals surface area (Å²) in [6.07, 6.45) is 6.57. The van der Waals surface area contributed by atoms with Gasteiger partial charge >= 0.3 is 0 Å². The van der Waals surface area contributed by atoms with Gasteiger partial charge in [-0.05, 0) is 31.7 Å². The van der Waals surface area contributed by atoms with Crippen LogP contribution in [0.3, 0.4) is 0 Å². The summed E-state index contributed by atoms with van der Waals surface area (Å²) in [5.41, 5.74) is 1.37. The molecule has 1 aromatic heterocycles. The number of imidazole rings is 1. The minimum Gasteiger partial charge on any atom is -0.391 e. The van der Waals surface area contributed by atoms with E-state index in [4.69, 9.17) is 4.99 Å². The number of likely N-dealkylation sites (tertiary alicyclic amines) is 1. The van der Waals surface area contributed by atoms with Crippen LogP contribution in [0.25, 0.3) is 0 Å². The number of aliphatic hydroxyl groups is 1. The second-order valence-electron chi connectivity index (χ2n) is 6.68. The second-order valence-corrected chi connectivity index (χ2v) is 6.68. The van der Waals surface area contributed by atoms with Crippen LogP contribution < -0.4 is 5.32 Å². The van der Waals surface area contributed by atoms with Crippen molar-refractivity contribution < 1.29 is 5.11 Å². The van der Waals surface area contributed by atoms with Crippen molar-refractivity contribution in [2.24, 2.45) is 4.99 Å². The smallest absolute Gasteiger partial charge is 0.194 e. The molecular weight excluding hydrogens is 453 g/mol. The molecule has 7 heteroatoms. The molecule has 1 saturated heterocycles. The van der Waals surface area contributed by atoms with E-state index in [9.17, 15) is 5.11 Å². The van der Waals surface area contributed by atoms with Crippen LogP contribution in [0.15, 0.2) is 47.7 Å². The molecule has 0 saturated carbocycles. The van der Waals surface area contributed by atoms with Gasteiger partial charge in [-0.15, -0.1) is 24.0 Å². The van der Waals surface area contributed by atoms with Crippen molar-refractivity contribution in [2.45, 2.75) is 45.4 Å². The summed E-state index contributed by atoms with van der Waals surface area (Å²) in [5.74, 6) is 1.84. The summed E-state index contributed by atoms with van der Waals surface area (Å²) in [6.45, 7) is 5.87. The summed E-state index contributed by atoms with van der Waals surface area (Å²) in [4.78, 5) is 11.3. The van der Waals surface area contributed by atoms with Gasteiger partial charge in [0, 0.05) is 38.6 Å². The molecule has 0 spiro atoms. The van der Waals surface area contributed by atoms with Gasteiger partial charge in [0.1, 0.15) is 12.4 Å². The Hall–Kier alpha value is -1.61. The average molecular weight is 483 g/mol. The van der Waals surface area contributed by atoms with E-state index in [1.165, 1.54) is 5.56 Å². The van der Waals surface area contributed by atoms with Gasteiger partial charge < -0.3 is 19.9 Å². The van der Waals surface area contributed by atoms with Gasteiger partial charge in [-0.1, -0.05) is 30.3 Å². The monoisotopic (exact) mass is 483 g/mol. The normalized spacial score (nSPS) is 17.0. The molecule has 1 aliphatic rings. The lowest BCUT2D eigenvalue weighted by Crippen LogP contribution is -2.40.